The Morgan fingerprint density at radius 1 is 0.815 bits per heavy atom. The number of carbonyl (C=O) groups is 2. The van der Waals surface area contributed by atoms with Gasteiger partial charge in [-0.2, -0.15) is 0 Å². The number of benzene rings is 3. The SMILES string of the molecule is Cc1ccccc1-c1nc2ccc(N3C(=O)c4ccccc4C3=O)cc2o1. The van der Waals surface area contributed by atoms with Crippen LogP contribution in [0, 0.1) is 6.92 Å². The molecule has 5 rings (SSSR count). The second-order valence-corrected chi connectivity index (χ2v) is 6.48. The lowest BCUT2D eigenvalue weighted by Crippen LogP contribution is -2.29. The van der Waals surface area contributed by atoms with Crippen LogP contribution in [0.1, 0.15) is 26.3 Å². The molecule has 0 unspecified atom stereocenters. The Bertz CT molecular complexity index is 1200. The van der Waals surface area contributed by atoms with Crippen LogP contribution >= 0.6 is 0 Å². The minimum Gasteiger partial charge on any atom is -0.436 e. The van der Waals surface area contributed by atoms with E-state index in [1.165, 1.54) is 4.90 Å². The first kappa shape index (κ1) is 15.5. The van der Waals surface area contributed by atoms with Gasteiger partial charge in [0.1, 0.15) is 5.52 Å². The molecule has 0 spiro atoms. The van der Waals surface area contributed by atoms with E-state index in [9.17, 15) is 9.59 Å². The number of carbonyl (C=O) groups excluding carboxylic acids is 2. The maximum Gasteiger partial charge on any atom is 0.266 e. The van der Waals surface area contributed by atoms with Crippen LogP contribution in [0.5, 0.6) is 0 Å². The molecule has 1 aromatic heterocycles. The number of hydrogen-bond donors (Lipinski definition) is 0. The predicted octanol–water partition coefficient (Wildman–Crippen LogP) is 4.60. The van der Waals surface area contributed by atoms with E-state index in [-0.39, 0.29) is 11.8 Å². The number of aryl methyl sites for hydroxylation is 1. The smallest absolute Gasteiger partial charge is 0.266 e. The molecular weight excluding hydrogens is 340 g/mol. The summed E-state index contributed by atoms with van der Waals surface area (Å²) in [6.45, 7) is 1.99. The van der Waals surface area contributed by atoms with Crippen LogP contribution in [0.25, 0.3) is 22.6 Å². The quantitative estimate of drug-likeness (QED) is 0.493. The first-order chi connectivity index (χ1) is 13.1. The zero-order valence-electron chi connectivity index (χ0n) is 14.5. The van der Waals surface area contributed by atoms with Crippen molar-refractivity contribution in [1.29, 1.82) is 0 Å². The Labute approximate surface area is 154 Å². The van der Waals surface area contributed by atoms with E-state index in [1.807, 2.05) is 31.2 Å². The van der Waals surface area contributed by atoms with Crippen molar-refractivity contribution in [2.75, 3.05) is 4.90 Å². The summed E-state index contributed by atoms with van der Waals surface area (Å²) in [5.74, 6) is -0.134. The third-order valence-corrected chi connectivity index (χ3v) is 4.80. The molecule has 0 N–H and O–H groups in total. The maximum atomic E-state index is 12.7. The number of hydrogen-bond acceptors (Lipinski definition) is 4. The minimum atomic E-state index is -0.325. The third kappa shape index (κ3) is 2.29. The third-order valence-electron chi connectivity index (χ3n) is 4.80. The molecule has 2 heterocycles. The molecule has 0 radical (unpaired) electrons. The van der Waals surface area contributed by atoms with Gasteiger partial charge in [-0.25, -0.2) is 9.88 Å². The standard InChI is InChI=1S/C22H14N2O3/c1-13-6-2-3-7-15(13)20-23-18-11-10-14(12-19(18)27-20)24-21(25)16-8-4-5-9-17(16)22(24)26/h2-12H,1H3. The number of fused-ring (bicyclic) bond motifs is 2. The summed E-state index contributed by atoms with van der Waals surface area (Å²) in [6.07, 6.45) is 0. The molecule has 0 atom stereocenters. The van der Waals surface area contributed by atoms with Crippen molar-refractivity contribution in [3.63, 3.8) is 0 Å². The minimum absolute atomic E-state index is 0.325. The van der Waals surface area contributed by atoms with Crippen molar-refractivity contribution in [3.05, 3.63) is 83.4 Å². The molecule has 0 bridgehead atoms. The summed E-state index contributed by atoms with van der Waals surface area (Å²) in [4.78, 5) is 31.1. The molecule has 0 fully saturated rings. The van der Waals surface area contributed by atoms with Gasteiger partial charge in [-0.3, -0.25) is 9.59 Å². The number of aromatic nitrogens is 1. The number of amides is 2. The molecule has 4 aromatic rings. The van der Waals surface area contributed by atoms with Gasteiger partial charge in [-0.05, 0) is 42.8 Å². The van der Waals surface area contributed by atoms with Gasteiger partial charge in [0.05, 0.1) is 16.8 Å². The Hall–Kier alpha value is -3.73. The normalized spacial score (nSPS) is 13.4. The number of oxazole rings is 1. The highest BCUT2D eigenvalue weighted by molar-refractivity contribution is 6.34. The summed E-state index contributed by atoms with van der Waals surface area (Å²) >= 11 is 0. The number of nitrogens with zero attached hydrogens (tertiary/aromatic N) is 2. The number of anilines is 1. The Morgan fingerprint density at radius 3 is 2.11 bits per heavy atom. The molecule has 0 aliphatic carbocycles. The van der Waals surface area contributed by atoms with Gasteiger partial charge >= 0.3 is 0 Å². The van der Waals surface area contributed by atoms with E-state index >= 15 is 0 Å². The average molecular weight is 354 g/mol. The highest BCUT2D eigenvalue weighted by Crippen LogP contribution is 2.32. The van der Waals surface area contributed by atoms with Crippen LogP contribution < -0.4 is 4.90 Å². The summed E-state index contributed by atoms with van der Waals surface area (Å²) in [5, 5.41) is 0. The summed E-state index contributed by atoms with van der Waals surface area (Å²) in [5.41, 5.74) is 4.49. The maximum absolute atomic E-state index is 12.7. The Morgan fingerprint density at radius 2 is 1.44 bits per heavy atom. The molecule has 3 aromatic carbocycles. The summed E-state index contributed by atoms with van der Waals surface area (Å²) in [7, 11) is 0. The van der Waals surface area contributed by atoms with Crippen LogP contribution in [0.3, 0.4) is 0 Å². The summed E-state index contributed by atoms with van der Waals surface area (Å²) < 4.78 is 5.92. The molecule has 5 nitrogen and oxygen atoms in total. The molecule has 0 saturated heterocycles. The zero-order valence-corrected chi connectivity index (χ0v) is 14.5. The molecule has 27 heavy (non-hydrogen) atoms. The van der Waals surface area contributed by atoms with Crippen molar-refractivity contribution in [3.8, 4) is 11.5 Å². The molecule has 5 heteroatoms. The topological polar surface area (TPSA) is 63.4 Å². The van der Waals surface area contributed by atoms with Crippen molar-refractivity contribution in [2.45, 2.75) is 6.92 Å². The number of rotatable bonds is 2. The summed E-state index contributed by atoms with van der Waals surface area (Å²) in [6, 6.07) is 19.8. The van der Waals surface area contributed by atoms with Gasteiger partial charge in [0.15, 0.2) is 5.58 Å². The van der Waals surface area contributed by atoms with Gasteiger partial charge in [-0.1, -0.05) is 30.3 Å². The monoisotopic (exact) mass is 354 g/mol. The van der Waals surface area contributed by atoms with Crippen LogP contribution in [0.2, 0.25) is 0 Å². The van der Waals surface area contributed by atoms with Gasteiger partial charge in [0.25, 0.3) is 11.8 Å². The fourth-order valence-electron chi connectivity index (χ4n) is 3.40. The van der Waals surface area contributed by atoms with Gasteiger partial charge in [0.2, 0.25) is 5.89 Å². The van der Waals surface area contributed by atoms with Gasteiger partial charge in [-0.15, -0.1) is 0 Å². The second kappa shape index (κ2) is 5.64. The van der Waals surface area contributed by atoms with Crippen LogP contribution in [-0.2, 0) is 0 Å². The predicted molar refractivity (Wildman–Crippen MR) is 102 cm³/mol. The fraction of sp³-hybridized carbons (Fsp3) is 0.0455. The van der Waals surface area contributed by atoms with E-state index in [0.717, 1.165) is 11.1 Å². The van der Waals surface area contributed by atoms with E-state index in [0.29, 0.717) is 33.8 Å². The van der Waals surface area contributed by atoms with Gasteiger partial charge in [0, 0.05) is 11.6 Å². The molecule has 0 saturated carbocycles. The lowest BCUT2D eigenvalue weighted by Gasteiger charge is -2.13. The lowest BCUT2D eigenvalue weighted by molar-refractivity contribution is 0.0926. The van der Waals surface area contributed by atoms with Crippen LogP contribution in [0.4, 0.5) is 5.69 Å². The van der Waals surface area contributed by atoms with Gasteiger partial charge < -0.3 is 4.42 Å². The van der Waals surface area contributed by atoms with Crippen LogP contribution in [0.15, 0.2) is 71.1 Å². The van der Waals surface area contributed by atoms with Crippen molar-refractivity contribution in [2.24, 2.45) is 0 Å². The van der Waals surface area contributed by atoms with Crippen molar-refractivity contribution < 1.29 is 14.0 Å². The average Bonchev–Trinajstić information content (AvgIpc) is 3.21. The highest BCUT2D eigenvalue weighted by Gasteiger charge is 2.36. The first-order valence-corrected chi connectivity index (χ1v) is 8.58. The molecular formula is C22H14N2O3. The molecule has 2 amide bonds. The molecule has 1 aliphatic rings. The number of imide groups is 1. The van der Waals surface area contributed by atoms with E-state index in [2.05, 4.69) is 4.98 Å². The fourth-order valence-corrected chi connectivity index (χ4v) is 3.40. The van der Waals surface area contributed by atoms with E-state index < -0.39 is 0 Å². The first-order valence-electron chi connectivity index (χ1n) is 8.58. The van der Waals surface area contributed by atoms with Crippen molar-refractivity contribution in [1.82, 2.24) is 4.98 Å². The zero-order chi connectivity index (χ0) is 18.5. The highest BCUT2D eigenvalue weighted by atomic mass is 16.3. The largest absolute Gasteiger partial charge is 0.436 e. The van der Waals surface area contributed by atoms with Crippen LogP contribution in [-0.4, -0.2) is 16.8 Å². The Balaban J connectivity index is 1.59. The van der Waals surface area contributed by atoms with E-state index in [1.54, 1.807) is 42.5 Å². The van der Waals surface area contributed by atoms with Crippen molar-refractivity contribution >= 4 is 28.6 Å². The lowest BCUT2D eigenvalue weighted by atomic mass is 10.1. The molecule has 1 aliphatic heterocycles. The second-order valence-electron chi connectivity index (χ2n) is 6.48. The Kier molecular flexibility index (Phi) is 3.24. The molecule has 130 valence electrons. The van der Waals surface area contributed by atoms with E-state index in [4.69, 9.17) is 4.42 Å².